The SMILES string of the molecule is CCC1C2CNCC2CN1CCOC. The van der Waals surface area contributed by atoms with Crippen molar-refractivity contribution in [2.75, 3.05) is 39.9 Å². The van der Waals surface area contributed by atoms with Crippen molar-refractivity contribution in [3.63, 3.8) is 0 Å². The van der Waals surface area contributed by atoms with E-state index >= 15 is 0 Å². The summed E-state index contributed by atoms with van der Waals surface area (Å²) in [4.78, 5) is 2.62. The van der Waals surface area contributed by atoms with Crippen molar-refractivity contribution in [2.24, 2.45) is 11.8 Å². The summed E-state index contributed by atoms with van der Waals surface area (Å²) in [5, 5.41) is 3.51. The summed E-state index contributed by atoms with van der Waals surface area (Å²) in [5.41, 5.74) is 0. The number of likely N-dealkylation sites (tertiary alicyclic amines) is 1. The fourth-order valence-corrected chi connectivity index (χ4v) is 3.14. The van der Waals surface area contributed by atoms with Gasteiger partial charge in [-0.1, -0.05) is 6.92 Å². The predicted octanol–water partition coefficient (Wildman–Crippen LogP) is 0.563. The molecule has 0 bridgehead atoms. The van der Waals surface area contributed by atoms with Crippen molar-refractivity contribution in [3.8, 4) is 0 Å². The van der Waals surface area contributed by atoms with Gasteiger partial charge in [-0.2, -0.15) is 0 Å². The molecule has 82 valence electrons. The number of hydrogen-bond donors (Lipinski definition) is 1. The molecular formula is C11H22N2O. The number of hydrogen-bond acceptors (Lipinski definition) is 3. The van der Waals surface area contributed by atoms with Gasteiger partial charge in [0.1, 0.15) is 0 Å². The molecule has 3 nitrogen and oxygen atoms in total. The Hall–Kier alpha value is -0.120. The molecule has 2 aliphatic heterocycles. The van der Waals surface area contributed by atoms with Gasteiger partial charge >= 0.3 is 0 Å². The summed E-state index contributed by atoms with van der Waals surface area (Å²) >= 11 is 0. The molecule has 0 spiro atoms. The Bertz CT molecular complexity index is 186. The van der Waals surface area contributed by atoms with Crippen molar-refractivity contribution >= 4 is 0 Å². The van der Waals surface area contributed by atoms with Crippen molar-refractivity contribution in [1.82, 2.24) is 10.2 Å². The largest absolute Gasteiger partial charge is 0.383 e. The Morgan fingerprint density at radius 2 is 2.29 bits per heavy atom. The summed E-state index contributed by atoms with van der Waals surface area (Å²) in [5.74, 6) is 1.80. The van der Waals surface area contributed by atoms with Crippen LogP contribution >= 0.6 is 0 Å². The zero-order valence-corrected chi connectivity index (χ0v) is 9.33. The first kappa shape index (κ1) is 10.4. The first-order chi connectivity index (χ1) is 6.86. The van der Waals surface area contributed by atoms with Crippen LogP contribution in [-0.2, 0) is 4.74 Å². The lowest BCUT2D eigenvalue weighted by molar-refractivity contribution is 0.131. The maximum absolute atomic E-state index is 5.16. The monoisotopic (exact) mass is 198 g/mol. The lowest BCUT2D eigenvalue weighted by Crippen LogP contribution is -2.37. The van der Waals surface area contributed by atoms with Crippen LogP contribution in [0.3, 0.4) is 0 Å². The highest BCUT2D eigenvalue weighted by Crippen LogP contribution is 2.33. The van der Waals surface area contributed by atoms with Crippen LogP contribution in [-0.4, -0.2) is 50.8 Å². The number of nitrogens with zero attached hydrogens (tertiary/aromatic N) is 1. The zero-order valence-electron chi connectivity index (χ0n) is 9.33. The summed E-state index contributed by atoms with van der Waals surface area (Å²) in [6.45, 7) is 8.04. The van der Waals surface area contributed by atoms with E-state index in [-0.39, 0.29) is 0 Å². The summed E-state index contributed by atoms with van der Waals surface area (Å²) in [6.07, 6.45) is 1.28. The van der Waals surface area contributed by atoms with Crippen molar-refractivity contribution in [3.05, 3.63) is 0 Å². The summed E-state index contributed by atoms with van der Waals surface area (Å²) in [7, 11) is 1.79. The lowest BCUT2D eigenvalue weighted by Gasteiger charge is -2.26. The van der Waals surface area contributed by atoms with Gasteiger partial charge < -0.3 is 10.1 Å². The van der Waals surface area contributed by atoms with Gasteiger partial charge in [0.2, 0.25) is 0 Å². The molecular weight excluding hydrogens is 176 g/mol. The Morgan fingerprint density at radius 1 is 1.43 bits per heavy atom. The number of nitrogens with one attached hydrogen (secondary N) is 1. The van der Waals surface area contributed by atoms with Crippen LogP contribution in [0.4, 0.5) is 0 Å². The molecule has 0 aromatic heterocycles. The number of methoxy groups -OCH3 is 1. The molecule has 0 aliphatic carbocycles. The van der Waals surface area contributed by atoms with E-state index in [4.69, 9.17) is 4.74 Å². The Morgan fingerprint density at radius 3 is 3.00 bits per heavy atom. The standard InChI is InChI=1S/C11H22N2O/c1-3-11-10-7-12-6-9(10)8-13(11)4-5-14-2/h9-12H,3-8H2,1-2H3. The number of fused-ring (bicyclic) bond motifs is 1. The minimum atomic E-state index is 0.796. The van der Waals surface area contributed by atoms with Crippen LogP contribution in [0, 0.1) is 11.8 Å². The molecule has 3 unspecified atom stereocenters. The highest BCUT2D eigenvalue weighted by Gasteiger charge is 2.42. The summed E-state index contributed by atoms with van der Waals surface area (Å²) < 4.78 is 5.16. The maximum Gasteiger partial charge on any atom is 0.0589 e. The van der Waals surface area contributed by atoms with Gasteiger partial charge in [0.05, 0.1) is 6.61 Å². The number of rotatable bonds is 4. The second kappa shape index (κ2) is 4.60. The fourth-order valence-electron chi connectivity index (χ4n) is 3.14. The molecule has 0 amide bonds. The Kier molecular flexibility index (Phi) is 3.42. The highest BCUT2D eigenvalue weighted by molar-refractivity contribution is 4.97. The van der Waals surface area contributed by atoms with E-state index in [1.165, 1.54) is 26.1 Å². The molecule has 2 fully saturated rings. The van der Waals surface area contributed by atoms with Gasteiger partial charge in [-0.15, -0.1) is 0 Å². The molecule has 0 aromatic rings. The molecule has 2 aliphatic rings. The number of ether oxygens (including phenoxy) is 1. The minimum Gasteiger partial charge on any atom is -0.383 e. The zero-order chi connectivity index (χ0) is 9.97. The van der Waals surface area contributed by atoms with Gasteiger partial charge in [-0.05, 0) is 31.3 Å². The maximum atomic E-state index is 5.16. The molecule has 14 heavy (non-hydrogen) atoms. The highest BCUT2D eigenvalue weighted by atomic mass is 16.5. The molecule has 0 saturated carbocycles. The Balaban J connectivity index is 1.92. The van der Waals surface area contributed by atoms with E-state index in [9.17, 15) is 0 Å². The fraction of sp³-hybridized carbons (Fsp3) is 1.00. The van der Waals surface area contributed by atoms with Crippen molar-refractivity contribution in [2.45, 2.75) is 19.4 Å². The van der Waals surface area contributed by atoms with Gasteiger partial charge in [-0.3, -0.25) is 4.90 Å². The normalized spacial score (nSPS) is 37.7. The van der Waals surface area contributed by atoms with Gasteiger partial charge in [-0.25, -0.2) is 0 Å². The van der Waals surface area contributed by atoms with Crippen LogP contribution in [0.15, 0.2) is 0 Å². The van der Waals surface area contributed by atoms with Crippen LogP contribution in [0.25, 0.3) is 0 Å². The van der Waals surface area contributed by atoms with Crippen LogP contribution in [0.1, 0.15) is 13.3 Å². The molecule has 1 N–H and O–H groups in total. The molecule has 2 heterocycles. The average molecular weight is 198 g/mol. The van der Waals surface area contributed by atoms with E-state index in [0.29, 0.717) is 0 Å². The predicted molar refractivity (Wildman–Crippen MR) is 57.4 cm³/mol. The van der Waals surface area contributed by atoms with E-state index in [1.807, 2.05) is 0 Å². The second-order valence-electron chi connectivity index (χ2n) is 4.55. The van der Waals surface area contributed by atoms with Crippen LogP contribution < -0.4 is 5.32 Å². The smallest absolute Gasteiger partial charge is 0.0589 e. The van der Waals surface area contributed by atoms with Crippen molar-refractivity contribution in [1.29, 1.82) is 0 Å². The minimum absolute atomic E-state index is 0.796. The first-order valence-corrected chi connectivity index (χ1v) is 5.80. The molecule has 0 radical (unpaired) electrons. The average Bonchev–Trinajstić information content (AvgIpc) is 2.73. The third-order valence-electron chi connectivity index (χ3n) is 3.83. The molecule has 3 heteroatoms. The van der Waals surface area contributed by atoms with Gasteiger partial charge in [0.25, 0.3) is 0 Å². The van der Waals surface area contributed by atoms with E-state index in [2.05, 4.69) is 17.1 Å². The quantitative estimate of drug-likeness (QED) is 0.714. The molecule has 2 rings (SSSR count). The third kappa shape index (κ3) is 1.81. The Labute approximate surface area is 86.8 Å². The second-order valence-corrected chi connectivity index (χ2v) is 4.55. The lowest BCUT2D eigenvalue weighted by atomic mass is 9.93. The van der Waals surface area contributed by atoms with Crippen LogP contribution in [0.5, 0.6) is 0 Å². The van der Waals surface area contributed by atoms with E-state index < -0.39 is 0 Å². The molecule has 3 atom stereocenters. The van der Waals surface area contributed by atoms with Gasteiger partial charge in [0, 0.05) is 26.2 Å². The first-order valence-electron chi connectivity index (χ1n) is 5.80. The van der Waals surface area contributed by atoms with Gasteiger partial charge in [0.15, 0.2) is 0 Å². The molecule has 2 saturated heterocycles. The van der Waals surface area contributed by atoms with E-state index in [1.54, 1.807) is 7.11 Å². The third-order valence-corrected chi connectivity index (χ3v) is 3.83. The van der Waals surface area contributed by atoms with Crippen LogP contribution in [0.2, 0.25) is 0 Å². The topological polar surface area (TPSA) is 24.5 Å². The molecule has 0 aromatic carbocycles. The van der Waals surface area contributed by atoms with Crippen molar-refractivity contribution < 1.29 is 4.74 Å². The van der Waals surface area contributed by atoms with E-state index in [0.717, 1.165) is 31.0 Å². The summed E-state index contributed by atoms with van der Waals surface area (Å²) in [6, 6.07) is 0.796.